The molecule has 1 aromatic carbocycles. The lowest BCUT2D eigenvalue weighted by molar-refractivity contribution is -0.384. The summed E-state index contributed by atoms with van der Waals surface area (Å²) in [4.78, 5) is 23.5. The van der Waals surface area contributed by atoms with E-state index in [1.54, 1.807) is 13.0 Å². The zero-order valence-electron chi connectivity index (χ0n) is 14.8. The maximum atomic E-state index is 12.1. The van der Waals surface area contributed by atoms with E-state index in [1.165, 1.54) is 30.6 Å². The van der Waals surface area contributed by atoms with E-state index in [0.29, 0.717) is 28.2 Å². The summed E-state index contributed by atoms with van der Waals surface area (Å²) < 4.78 is 4.89. The predicted octanol–water partition coefficient (Wildman–Crippen LogP) is 4.43. The first-order valence-electron chi connectivity index (χ1n) is 7.82. The van der Waals surface area contributed by atoms with E-state index < -0.39 is 10.9 Å². The Balaban J connectivity index is 2.23. The molecule has 1 heterocycles. The van der Waals surface area contributed by atoms with Crippen molar-refractivity contribution >= 4 is 51.0 Å². The molecule has 0 unspecified atom stereocenters. The number of non-ortho nitro benzene ring substituents is 1. The number of nitrogens with one attached hydrogen (secondary N) is 2. The summed E-state index contributed by atoms with van der Waals surface area (Å²) >= 11 is 6.76. The molecular formula is C17H19N3O4S2. The molecule has 0 amide bonds. The molecule has 2 rings (SSSR count). The van der Waals surface area contributed by atoms with Gasteiger partial charge in [0, 0.05) is 22.7 Å². The maximum absolute atomic E-state index is 12.1. The molecule has 0 fully saturated rings. The molecule has 138 valence electrons. The van der Waals surface area contributed by atoms with Gasteiger partial charge < -0.3 is 15.4 Å². The number of ether oxygens (including phenoxy) is 1. The standard InChI is InChI=1S/C17H19N3O4S2/c1-5-12-10(3)26-15(14(12)16(21)24-4)19-17(25)18-13-7-6-11(20(22)23)8-9(13)2/h6-8H,5H2,1-4H3,(H2,18,19,25). The van der Waals surface area contributed by atoms with Crippen LogP contribution in [0.4, 0.5) is 16.4 Å². The number of nitrogens with zero attached hydrogens (tertiary/aromatic N) is 1. The smallest absolute Gasteiger partial charge is 0.341 e. The van der Waals surface area contributed by atoms with Gasteiger partial charge in [-0.3, -0.25) is 10.1 Å². The van der Waals surface area contributed by atoms with Crippen LogP contribution in [0.25, 0.3) is 0 Å². The summed E-state index contributed by atoms with van der Waals surface area (Å²) in [5, 5.41) is 17.8. The van der Waals surface area contributed by atoms with Gasteiger partial charge in [0.25, 0.3) is 5.69 Å². The average molecular weight is 393 g/mol. The Bertz CT molecular complexity index is 877. The first-order chi connectivity index (χ1) is 12.3. The molecule has 0 saturated heterocycles. The molecule has 9 heteroatoms. The fourth-order valence-electron chi connectivity index (χ4n) is 2.57. The van der Waals surface area contributed by atoms with Crippen molar-refractivity contribution in [2.75, 3.05) is 17.7 Å². The Morgan fingerprint density at radius 2 is 2.04 bits per heavy atom. The Labute approximate surface area is 160 Å². The minimum atomic E-state index is -0.448. The number of methoxy groups -OCH3 is 1. The molecule has 2 N–H and O–H groups in total. The summed E-state index contributed by atoms with van der Waals surface area (Å²) in [6, 6.07) is 4.47. The van der Waals surface area contributed by atoms with Gasteiger partial charge in [0.05, 0.1) is 17.6 Å². The van der Waals surface area contributed by atoms with Gasteiger partial charge in [-0.15, -0.1) is 11.3 Å². The molecule has 7 nitrogen and oxygen atoms in total. The first-order valence-corrected chi connectivity index (χ1v) is 9.04. The van der Waals surface area contributed by atoms with Crippen LogP contribution in [0.1, 0.15) is 33.3 Å². The second-order valence-electron chi connectivity index (χ2n) is 5.52. The zero-order chi connectivity index (χ0) is 19.4. The van der Waals surface area contributed by atoms with Crippen LogP contribution < -0.4 is 10.6 Å². The number of aryl methyl sites for hydroxylation is 2. The number of hydrogen-bond acceptors (Lipinski definition) is 6. The molecule has 0 bridgehead atoms. The highest BCUT2D eigenvalue weighted by molar-refractivity contribution is 7.80. The highest BCUT2D eigenvalue weighted by atomic mass is 32.1. The van der Waals surface area contributed by atoms with Crippen molar-refractivity contribution in [1.29, 1.82) is 0 Å². The molecule has 0 radical (unpaired) electrons. The molecular weight excluding hydrogens is 374 g/mol. The van der Waals surface area contributed by atoms with Gasteiger partial charge in [0.15, 0.2) is 5.11 Å². The van der Waals surface area contributed by atoms with Crippen molar-refractivity contribution in [3.63, 3.8) is 0 Å². The fourth-order valence-corrected chi connectivity index (χ4v) is 3.98. The molecule has 0 aliphatic carbocycles. The summed E-state index contributed by atoms with van der Waals surface area (Å²) in [5.41, 5.74) is 2.77. The van der Waals surface area contributed by atoms with E-state index in [0.717, 1.165) is 10.4 Å². The molecule has 1 aromatic heterocycles. The minimum Gasteiger partial charge on any atom is -0.465 e. The molecule has 2 aromatic rings. The molecule has 0 aliphatic heterocycles. The Morgan fingerprint density at radius 3 is 2.58 bits per heavy atom. The highest BCUT2D eigenvalue weighted by Crippen LogP contribution is 2.34. The summed E-state index contributed by atoms with van der Waals surface area (Å²) in [6.07, 6.45) is 0.704. The van der Waals surface area contributed by atoms with E-state index in [-0.39, 0.29) is 10.8 Å². The number of hydrogen-bond donors (Lipinski definition) is 2. The van der Waals surface area contributed by atoms with Gasteiger partial charge in [-0.2, -0.15) is 0 Å². The largest absolute Gasteiger partial charge is 0.465 e. The number of carbonyl (C=O) groups excluding carboxylic acids is 1. The number of nitro groups is 1. The lowest BCUT2D eigenvalue weighted by Gasteiger charge is -2.12. The van der Waals surface area contributed by atoms with Crippen molar-refractivity contribution in [2.24, 2.45) is 0 Å². The Morgan fingerprint density at radius 1 is 1.35 bits per heavy atom. The second kappa shape index (κ2) is 8.24. The van der Waals surface area contributed by atoms with Crippen LogP contribution >= 0.6 is 23.6 Å². The van der Waals surface area contributed by atoms with Crippen LogP contribution in [0.2, 0.25) is 0 Å². The minimum absolute atomic E-state index is 0.0152. The van der Waals surface area contributed by atoms with Crippen LogP contribution in [-0.4, -0.2) is 23.1 Å². The number of rotatable bonds is 5. The third kappa shape index (κ3) is 4.17. The van der Waals surface area contributed by atoms with E-state index in [2.05, 4.69) is 10.6 Å². The Kier molecular flexibility index (Phi) is 6.27. The number of benzene rings is 1. The predicted molar refractivity (Wildman–Crippen MR) is 107 cm³/mol. The van der Waals surface area contributed by atoms with Crippen molar-refractivity contribution < 1.29 is 14.5 Å². The molecule has 0 atom stereocenters. The number of thiocarbonyl (C=S) groups is 1. The van der Waals surface area contributed by atoms with Gasteiger partial charge >= 0.3 is 5.97 Å². The van der Waals surface area contributed by atoms with Crippen LogP contribution in [0, 0.1) is 24.0 Å². The lowest BCUT2D eigenvalue weighted by atomic mass is 10.1. The van der Waals surface area contributed by atoms with Crippen LogP contribution in [-0.2, 0) is 11.2 Å². The van der Waals surface area contributed by atoms with Gasteiger partial charge in [0.1, 0.15) is 5.00 Å². The van der Waals surface area contributed by atoms with Gasteiger partial charge in [-0.25, -0.2) is 4.79 Å². The van der Waals surface area contributed by atoms with E-state index in [9.17, 15) is 14.9 Å². The molecule has 0 aliphatic rings. The molecule has 26 heavy (non-hydrogen) atoms. The number of esters is 1. The van der Waals surface area contributed by atoms with Crippen LogP contribution in [0.15, 0.2) is 18.2 Å². The van der Waals surface area contributed by atoms with E-state index in [1.807, 2.05) is 13.8 Å². The van der Waals surface area contributed by atoms with Gasteiger partial charge in [-0.05, 0) is 49.7 Å². The summed E-state index contributed by atoms with van der Waals surface area (Å²) in [5.74, 6) is -0.414. The normalized spacial score (nSPS) is 10.3. The number of carbonyl (C=O) groups is 1. The monoisotopic (exact) mass is 393 g/mol. The number of nitro benzene ring substituents is 1. The maximum Gasteiger partial charge on any atom is 0.341 e. The third-order valence-corrected chi connectivity index (χ3v) is 5.12. The number of anilines is 2. The third-order valence-electron chi connectivity index (χ3n) is 3.85. The molecule has 0 saturated carbocycles. The highest BCUT2D eigenvalue weighted by Gasteiger charge is 2.22. The van der Waals surface area contributed by atoms with E-state index >= 15 is 0 Å². The van der Waals surface area contributed by atoms with Crippen molar-refractivity contribution in [3.05, 3.63) is 49.9 Å². The van der Waals surface area contributed by atoms with E-state index in [4.69, 9.17) is 17.0 Å². The van der Waals surface area contributed by atoms with Gasteiger partial charge in [-0.1, -0.05) is 6.92 Å². The topological polar surface area (TPSA) is 93.5 Å². The quantitative estimate of drug-likeness (QED) is 0.336. The SMILES string of the molecule is CCc1c(C)sc(NC(=S)Nc2ccc([N+](=O)[O-])cc2C)c1C(=O)OC. The van der Waals surface area contributed by atoms with Crippen molar-refractivity contribution in [1.82, 2.24) is 0 Å². The molecule has 0 spiro atoms. The second-order valence-corrected chi connectivity index (χ2v) is 7.15. The van der Waals surface area contributed by atoms with Crippen molar-refractivity contribution in [2.45, 2.75) is 27.2 Å². The van der Waals surface area contributed by atoms with Crippen LogP contribution in [0.3, 0.4) is 0 Å². The average Bonchev–Trinajstić information content (AvgIpc) is 2.90. The van der Waals surface area contributed by atoms with Crippen molar-refractivity contribution in [3.8, 4) is 0 Å². The lowest BCUT2D eigenvalue weighted by Crippen LogP contribution is -2.20. The van der Waals surface area contributed by atoms with Gasteiger partial charge in [0.2, 0.25) is 0 Å². The fraction of sp³-hybridized carbons (Fsp3) is 0.294. The first kappa shape index (κ1) is 19.8. The summed E-state index contributed by atoms with van der Waals surface area (Å²) in [7, 11) is 1.34. The number of thiophene rings is 1. The summed E-state index contributed by atoms with van der Waals surface area (Å²) in [6.45, 7) is 5.67. The Hall–Kier alpha value is -2.52. The van der Waals surface area contributed by atoms with Crippen LogP contribution in [0.5, 0.6) is 0 Å². The zero-order valence-corrected chi connectivity index (χ0v) is 16.5.